The van der Waals surface area contributed by atoms with Crippen LogP contribution in [0.3, 0.4) is 0 Å². The van der Waals surface area contributed by atoms with E-state index in [1.54, 1.807) is 0 Å². The second-order valence-electron chi connectivity index (χ2n) is 6.19. The lowest BCUT2D eigenvalue weighted by atomic mass is 9.88. The van der Waals surface area contributed by atoms with Gasteiger partial charge < -0.3 is 10.6 Å². The van der Waals surface area contributed by atoms with E-state index in [2.05, 4.69) is 53.1 Å². The molecule has 1 fully saturated rings. The summed E-state index contributed by atoms with van der Waals surface area (Å²) < 4.78 is 0. The molecule has 0 aromatic heterocycles. The normalized spacial score (nSPS) is 16.0. The second kappa shape index (κ2) is 7.84. The number of carbonyl (C=O) groups excluding carboxylic acids is 1. The molecule has 1 unspecified atom stereocenters. The van der Waals surface area contributed by atoms with Crippen LogP contribution in [-0.4, -0.2) is 31.3 Å². The SMILES string of the molecule is CC(C(=O)NCCSCc1cccc2ccccc12)C1CNC1. The Bertz CT molecular complexity index is 664. The molecule has 0 spiro atoms. The van der Waals surface area contributed by atoms with Crippen LogP contribution in [0.15, 0.2) is 42.5 Å². The van der Waals surface area contributed by atoms with E-state index in [1.165, 1.54) is 16.3 Å². The molecule has 2 aromatic rings. The van der Waals surface area contributed by atoms with Crippen molar-refractivity contribution in [1.82, 2.24) is 10.6 Å². The highest BCUT2D eigenvalue weighted by Gasteiger charge is 2.28. The van der Waals surface area contributed by atoms with Crippen LogP contribution in [0.25, 0.3) is 10.8 Å². The van der Waals surface area contributed by atoms with Gasteiger partial charge in [-0.15, -0.1) is 0 Å². The molecule has 0 radical (unpaired) electrons. The lowest BCUT2D eigenvalue weighted by Gasteiger charge is -2.31. The highest BCUT2D eigenvalue weighted by molar-refractivity contribution is 7.98. The Morgan fingerprint density at radius 3 is 2.83 bits per heavy atom. The zero-order valence-electron chi connectivity index (χ0n) is 13.5. The summed E-state index contributed by atoms with van der Waals surface area (Å²) >= 11 is 1.88. The van der Waals surface area contributed by atoms with Gasteiger partial charge in [-0.1, -0.05) is 49.4 Å². The summed E-state index contributed by atoms with van der Waals surface area (Å²) in [5.74, 6) is 2.77. The van der Waals surface area contributed by atoms with Crippen LogP contribution in [0.5, 0.6) is 0 Å². The van der Waals surface area contributed by atoms with Gasteiger partial charge in [-0.25, -0.2) is 0 Å². The molecule has 0 bridgehead atoms. The number of amides is 1. The molecule has 23 heavy (non-hydrogen) atoms. The predicted octanol–water partition coefficient (Wildman–Crippen LogP) is 3.04. The number of hydrogen-bond donors (Lipinski definition) is 2. The maximum Gasteiger partial charge on any atom is 0.223 e. The summed E-state index contributed by atoms with van der Waals surface area (Å²) in [5, 5.41) is 8.91. The number of nitrogens with one attached hydrogen (secondary N) is 2. The Labute approximate surface area is 142 Å². The summed E-state index contributed by atoms with van der Waals surface area (Å²) in [6, 6.07) is 15.0. The molecule has 3 nitrogen and oxygen atoms in total. The summed E-state index contributed by atoms with van der Waals surface area (Å²) in [7, 11) is 0. The average molecular weight is 328 g/mol. The molecule has 1 amide bonds. The lowest BCUT2D eigenvalue weighted by molar-refractivity contribution is -0.126. The molecule has 1 atom stereocenters. The first kappa shape index (κ1) is 16.3. The fourth-order valence-corrected chi connectivity index (χ4v) is 3.75. The smallest absolute Gasteiger partial charge is 0.223 e. The van der Waals surface area contributed by atoms with Gasteiger partial charge in [0.15, 0.2) is 0 Å². The topological polar surface area (TPSA) is 41.1 Å². The highest BCUT2D eigenvalue weighted by atomic mass is 32.2. The Morgan fingerprint density at radius 1 is 1.26 bits per heavy atom. The third-order valence-electron chi connectivity index (χ3n) is 4.62. The van der Waals surface area contributed by atoms with Gasteiger partial charge in [-0.05, 0) is 35.3 Å². The van der Waals surface area contributed by atoms with E-state index in [0.29, 0.717) is 5.92 Å². The largest absolute Gasteiger partial charge is 0.355 e. The molecule has 1 aliphatic heterocycles. The van der Waals surface area contributed by atoms with E-state index in [-0.39, 0.29) is 11.8 Å². The number of carbonyl (C=O) groups is 1. The summed E-state index contributed by atoms with van der Waals surface area (Å²) in [6.07, 6.45) is 0. The van der Waals surface area contributed by atoms with E-state index in [9.17, 15) is 4.79 Å². The van der Waals surface area contributed by atoms with E-state index < -0.39 is 0 Å². The van der Waals surface area contributed by atoms with Gasteiger partial charge in [0.2, 0.25) is 5.91 Å². The molecule has 4 heteroatoms. The molecule has 2 N–H and O–H groups in total. The monoisotopic (exact) mass is 328 g/mol. The minimum Gasteiger partial charge on any atom is -0.355 e. The maximum absolute atomic E-state index is 12.0. The first-order valence-electron chi connectivity index (χ1n) is 8.28. The molecular weight excluding hydrogens is 304 g/mol. The number of fused-ring (bicyclic) bond motifs is 1. The first-order valence-corrected chi connectivity index (χ1v) is 9.44. The first-order chi connectivity index (χ1) is 11.3. The van der Waals surface area contributed by atoms with E-state index >= 15 is 0 Å². The zero-order valence-corrected chi connectivity index (χ0v) is 14.4. The fraction of sp³-hybridized carbons (Fsp3) is 0.421. The molecule has 2 aromatic carbocycles. The van der Waals surface area contributed by atoms with Crippen molar-refractivity contribution in [3.05, 3.63) is 48.0 Å². The Balaban J connectivity index is 1.42. The minimum atomic E-state index is 0.124. The summed E-state index contributed by atoms with van der Waals surface area (Å²) in [4.78, 5) is 12.0. The van der Waals surface area contributed by atoms with Crippen LogP contribution in [-0.2, 0) is 10.5 Å². The average Bonchev–Trinajstić information content (AvgIpc) is 2.52. The van der Waals surface area contributed by atoms with Gasteiger partial charge in [0.1, 0.15) is 0 Å². The fourth-order valence-electron chi connectivity index (χ4n) is 2.89. The molecule has 1 saturated heterocycles. The lowest BCUT2D eigenvalue weighted by Crippen LogP contribution is -2.49. The van der Waals surface area contributed by atoms with Crippen molar-refractivity contribution in [1.29, 1.82) is 0 Å². The van der Waals surface area contributed by atoms with Crippen molar-refractivity contribution >= 4 is 28.4 Å². The standard InChI is InChI=1S/C19H24N2OS/c1-14(17-11-20-12-17)19(22)21-9-10-23-13-16-7-4-6-15-5-2-3-8-18(15)16/h2-8,14,17,20H,9-13H2,1H3,(H,21,22). The van der Waals surface area contributed by atoms with Crippen LogP contribution >= 0.6 is 11.8 Å². The van der Waals surface area contributed by atoms with Crippen LogP contribution < -0.4 is 10.6 Å². The summed E-state index contributed by atoms with van der Waals surface area (Å²) in [6.45, 7) is 4.73. The van der Waals surface area contributed by atoms with Gasteiger partial charge in [-0.2, -0.15) is 11.8 Å². The van der Waals surface area contributed by atoms with Crippen molar-refractivity contribution in [2.45, 2.75) is 12.7 Å². The van der Waals surface area contributed by atoms with Crippen LogP contribution in [0.1, 0.15) is 12.5 Å². The Kier molecular flexibility index (Phi) is 5.57. The second-order valence-corrected chi connectivity index (χ2v) is 7.29. The molecular formula is C19H24N2OS. The minimum absolute atomic E-state index is 0.124. The number of rotatable bonds is 7. The van der Waals surface area contributed by atoms with Gasteiger partial charge >= 0.3 is 0 Å². The van der Waals surface area contributed by atoms with Crippen molar-refractivity contribution < 1.29 is 4.79 Å². The molecule has 0 aliphatic carbocycles. The van der Waals surface area contributed by atoms with Gasteiger partial charge in [0.05, 0.1) is 0 Å². The predicted molar refractivity (Wildman–Crippen MR) is 98.6 cm³/mol. The molecule has 3 rings (SSSR count). The Morgan fingerprint density at radius 2 is 2.04 bits per heavy atom. The molecule has 1 heterocycles. The number of thioether (sulfide) groups is 1. The number of benzene rings is 2. The van der Waals surface area contributed by atoms with Crippen molar-refractivity contribution in [3.63, 3.8) is 0 Å². The van der Waals surface area contributed by atoms with Gasteiger partial charge in [0, 0.05) is 24.0 Å². The van der Waals surface area contributed by atoms with Gasteiger partial charge in [-0.3, -0.25) is 4.79 Å². The number of hydrogen-bond acceptors (Lipinski definition) is 3. The summed E-state index contributed by atoms with van der Waals surface area (Å²) in [5.41, 5.74) is 1.37. The molecule has 1 aliphatic rings. The highest BCUT2D eigenvalue weighted by Crippen LogP contribution is 2.22. The zero-order chi connectivity index (χ0) is 16.1. The van der Waals surface area contributed by atoms with E-state index in [4.69, 9.17) is 0 Å². The van der Waals surface area contributed by atoms with Crippen molar-refractivity contribution in [2.24, 2.45) is 11.8 Å². The van der Waals surface area contributed by atoms with Crippen LogP contribution in [0.2, 0.25) is 0 Å². The van der Waals surface area contributed by atoms with Gasteiger partial charge in [0.25, 0.3) is 0 Å². The third-order valence-corrected chi connectivity index (χ3v) is 5.62. The van der Waals surface area contributed by atoms with E-state index in [0.717, 1.165) is 31.1 Å². The quantitative estimate of drug-likeness (QED) is 0.768. The third kappa shape index (κ3) is 4.06. The Hall–Kier alpha value is -1.52. The van der Waals surface area contributed by atoms with Crippen molar-refractivity contribution in [3.8, 4) is 0 Å². The van der Waals surface area contributed by atoms with Crippen molar-refractivity contribution in [2.75, 3.05) is 25.4 Å². The van der Waals surface area contributed by atoms with Crippen LogP contribution in [0.4, 0.5) is 0 Å². The maximum atomic E-state index is 12.0. The molecule has 122 valence electrons. The molecule has 0 saturated carbocycles. The van der Waals surface area contributed by atoms with Crippen LogP contribution in [0, 0.1) is 11.8 Å². The van der Waals surface area contributed by atoms with E-state index in [1.807, 2.05) is 18.7 Å².